The number of nitrogens with zero attached hydrogens (tertiary/aromatic N) is 2. The Morgan fingerprint density at radius 3 is 2.32 bits per heavy atom. The number of benzene rings is 1. The highest BCUT2D eigenvalue weighted by Crippen LogP contribution is 2.26. The van der Waals surface area contributed by atoms with Crippen molar-refractivity contribution in [3.63, 3.8) is 0 Å². The summed E-state index contributed by atoms with van der Waals surface area (Å²) in [5, 5.41) is 0. The van der Waals surface area contributed by atoms with Gasteiger partial charge >= 0.3 is 0 Å². The van der Waals surface area contributed by atoms with Gasteiger partial charge in [0.1, 0.15) is 5.75 Å². The molecular weight excluding hydrogens is 296 g/mol. The summed E-state index contributed by atoms with van der Waals surface area (Å²) in [4.78, 5) is 17.0. The van der Waals surface area contributed by atoms with Gasteiger partial charge in [0.15, 0.2) is 0 Å². The molecule has 22 heavy (non-hydrogen) atoms. The third-order valence-electron chi connectivity index (χ3n) is 4.60. The Kier molecular flexibility index (Phi) is 5.13. The fourth-order valence-electron chi connectivity index (χ4n) is 3.18. The number of hydrogen-bond acceptors (Lipinski definition) is 4. The maximum Gasteiger partial charge on any atom is 0.225 e. The van der Waals surface area contributed by atoms with Gasteiger partial charge in [-0.2, -0.15) is 11.8 Å². The molecule has 0 bridgehead atoms. The van der Waals surface area contributed by atoms with Crippen molar-refractivity contribution in [1.82, 2.24) is 4.90 Å². The summed E-state index contributed by atoms with van der Waals surface area (Å²) >= 11 is 1.97. The summed E-state index contributed by atoms with van der Waals surface area (Å²) in [6.45, 7) is 3.52. The molecule has 1 aromatic carbocycles. The van der Waals surface area contributed by atoms with Crippen molar-refractivity contribution in [2.24, 2.45) is 5.92 Å². The van der Waals surface area contributed by atoms with E-state index in [0.29, 0.717) is 5.91 Å². The zero-order valence-electron chi connectivity index (χ0n) is 13.2. The van der Waals surface area contributed by atoms with Crippen LogP contribution in [-0.4, -0.2) is 55.6 Å². The van der Waals surface area contributed by atoms with E-state index in [2.05, 4.69) is 21.9 Å². The molecule has 0 saturated carbocycles. The fraction of sp³-hybridized carbons (Fsp3) is 0.588. The second kappa shape index (κ2) is 7.27. The van der Waals surface area contributed by atoms with Gasteiger partial charge in [-0.25, -0.2) is 0 Å². The largest absolute Gasteiger partial charge is 0.497 e. The lowest BCUT2D eigenvalue weighted by Gasteiger charge is -2.38. The highest BCUT2D eigenvalue weighted by Gasteiger charge is 2.28. The van der Waals surface area contributed by atoms with Crippen molar-refractivity contribution in [2.75, 3.05) is 49.7 Å². The molecule has 0 radical (unpaired) electrons. The molecule has 0 unspecified atom stereocenters. The van der Waals surface area contributed by atoms with E-state index in [1.165, 1.54) is 5.69 Å². The smallest absolute Gasteiger partial charge is 0.225 e. The molecule has 0 spiro atoms. The van der Waals surface area contributed by atoms with Crippen LogP contribution in [0.15, 0.2) is 24.3 Å². The van der Waals surface area contributed by atoms with Crippen molar-refractivity contribution >= 4 is 23.4 Å². The molecule has 1 aromatic rings. The third-order valence-corrected chi connectivity index (χ3v) is 5.65. The Balaban J connectivity index is 1.54. The second-order valence-corrected chi connectivity index (χ2v) is 7.12. The van der Waals surface area contributed by atoms with E-state index < -0.39 is 0 Å². The molecule has 1 amide bonds. The summed E-state index contributed by atoms with van der Waals surface area (Å²) < 4.78 is 5.20. The average molecular weight is 320 g/mol. The van der Waals surface area contributed by atoms with Crippen molar-refractivity contribution < 1.29 is 9.53 Å². The molecule has 4 nitrogen and oxygen atoms in total. The van der Waals surface area contributed by atoms with Gasteiger partial charge in [-0.15, -0.1) is 0 Å². The first-order valence-electron chi connectivity index (χ1n) is 8.03. The average Bonchev–Trinajstić information content (AvgIpc) is 2.62. The van der Waals surface area contributed by atoms with Crippen molar-refractivity contribution in [1.29, 1.82) is 0 Å². The molecule has 0 atom stereocenters. The molecule has 3 rings (SSSR count). The van der Waals surface area contributed by atoms with E-state index in [1.54, 1.807) is 7.11 Å². The first kappa shape index (κ1) is 15.5. The Labute approximate surface area is 136 Å². The minimum atomic E-state index is 0.272. The van der Waals surface area contributed by atoms with E-state index in [4.69, 9.17) is 4.74 Å². The van der Waals surface area contributed by atoms with Crippen LogP contribution in [0.5, 0.6) is 5.75 Å². The minimum Gasteiger partial charge on any atom is -0.497 e. The zero-order chi connectivity index (χ0) is 15.4. The zero-order valence-corrected chi connectivity index (χ0v) is 14.0. The maximum absolute atomic E-state index is 12.6. The van der Waals surface area contributed by atoms with Gasteiger partial charge in [0.05, 0.1) is 7.11 Å². The van der Waals surface area contributed by atoms with Crippen LogP contribution in [0.25, 0.3) is 0 Å². The van der Waals surface area contributed by atoms with Gasteiger partial charge in [0.2, 0.25) is 5.91 Å². The summed E-state index contributed by atoms with van der Waals surface area (Å²) in [5.74, 6) is 3.82. The highest BCUT2D eigenvalue weighted by atomic mass is 32.2. The molecule has 2 aliphatic rings. The van der Waals surface area contributed by atoms with Gasteiger partial charge < -0.3 is 14.5 Å². The van der Waals surface area contributed by atoms with Crippen LogP contribution in [0.4, 0.5) is 5.69 Å². The van der Waals surface area contributed by atoms with Crippen LogP contribution < -0.4 is 9.64 Å². The van der Waals surface area contributed by atoms with Crippen molar-refractivity contribution in [3.05, 3.63) is 24.3 Å². The molecule has 0 aliphatic carbocycles. The second-order valence-electron chi connectivity index (χ2n) is 5.90. The number of piperazine rings is 1. The van der Waals surface area contributed by atoms with Crippen LogP contribution in [-0.2, 0) is 4.79 Å². The molecule has 5 heteroatoms. The van der Waals surface area contributed by atoms with Crippen LogP contribution in [0, 0.1) is 5.92 Å². The number of rotatable bonds is 3. The molecule has 2 aliphatic heterocycles. The molecule has 0 N–H and O–H groups in total. The number of ether oxygens (including phenoxy) is 1. The number of hydrogen-bond donors (Lipinski definition) is 0. The van der Waals surface area contributed by atoms with Crippen LogP contribution in [0.3, 0.4) is 0 Å². The Morgan fingerprint density at radius 1 is 1.09 bits per heavy atom. The van der Waals surface area contributed by atoms with Gasteiger partial charge in [0, 0.05) is 37.8 Å². The summed E-state index contributed by atoms with van der Waals surface area (Å²) in [6.07, 6.45) is 2.12. The third kappa shape index (κ3) is 3.51. The van der Waals surface area contributed by atoms with Crippen LogP contribution >= 0.6 is 11.8 Å². The summed E-state index contributed by atoms with van der Waals surface area (Å²) in [7, 11) is 1.68. The first-order valence-corrected chi connectivity index (χ1v) is 9.19. The normalized spacial score (nSPS) is 20.0. The van der Waals surface area contributed by atoms with Gasteiger partial charge in [-0.1, -0.05) is 0 Å². The van der Waals surface area contributed by atoms with Crippen molar-refractivity contribution in [2.45, 2.75) is 12.8 Å². The predicted molar refractivity (Wildman–Crippen MR) is 91.8 cm³/mol. The number of anilines is 1. The maximum atomic E-state index is 12.6. The predicted octanol–water partition coefficient (Wildman–Crippen LogP) is 2.49. The number of amides is 1. The van der Waals surface area contributed by atoms with E-state index in [0.717, 1.165) is 56.3 Å². The Hall–Kier alpha value is -1.36. The SMILES string of the molecule is COc1ccc(N2CCN(C(=O)C3CCSCC3)CC2)cc1. The lowest BCUT2D eigenvalue weighted by Crippen LogP contribution is -2.50. The standard InChI is InChI=1S/C17H24N2O2S/c1-21-16-4-2-15(3-5-16)18-8-10-19(11-9-18)17(20)14-6-12-22-13-7-14/h2-5,14H,6-13H2,1H3. The first-order chi connectivity index (χ1) is 10.8. The quantitative estimate of drug-likeness (QED) is 0.857. The van der Waals surface area contributed by atoms with E-state index in [1.807, 2.05) is 23.9 Å². The minimum absolute atomic E-state index is 0.272. The fourth-order valence-corrected chi connectivity index (χ4v) is 4.29. The number of thioether (sulfide) groups is 1. The molecule has 0 aromatic heterocycles. The summed E-state index contributed by atoms with van der Waals surface area (Å²) in [6, 6.07) is 8.17. The van der Waals surface area contributed by atoms with Crippen LogP contribution in [0.2, 0.25) is 0 Å². The van der Waals surface area contributed by atoms with Gasteiger partial charge in [0.25, 0.3) is 0 Å². The summed E-state index contributed by atoms with van der Waals surface area (Å²) in [5.41, 5.74) is 1.21. The van der Waals surface area contributed by atoms with E-state index in [9.17, 15) is 4.79 Å². The lowest BCUT2D eigenvalue weighted by molar-refractivity contribution is -0.136. The van der Waals surface area contributed by atoms with E-state index in [-0.39, 0.29) is 5.92 Å². The Morgan fingerprint density at radius 2 is 1.73 bits per heavy atom. The molecular formula is C17H24N2O2S. The molecule has 120 valence electrons. The van der Waals surface area contributed by atoms with Gasteiger partial charge in [-0.3, -0.25) is 4.79 Å². The number of methoxy groups -OCH3 is 1. The molecule has 2 heterocycles. The number of carbonyl (C=O) groups is 1. The molecule has 2 saturated heterocycles. The lowest BCUT2D eigenvalue weighted by atomic mass is 10.0. The Bertz CT molecular complexity index is 492. The number of carbonyl (C=O) groups excluding carboxylic acids is 1. The molecule has 2 fully saturated rings. The van der Waals surface area contributed by atoms with Crippen LogP contribution in [0.1, 0.15) is 12.8 Å². The monoisotopic (exact) mass is 320 g/mol. The highest BCUT2D eigenvalue weighted by molar-refractivity contribution is 7.99. The topological polar surface area (TPSA) is 32.8 Å². The van der Waals surface area contributed by atoms with Crippen molar-refractivity contribution in [3.8, 4) is 5.75 Å². The van der Waals surface area contributed by atoms with Gasteiger partial charge in [-0.05, 0) is 48.6 Å². The van der Waals surface area contributed by atoms with E-state index >= 15 is 0 Å².